The maximum atomic E-state index is 5.76. The van der Waals surface area contributed by atoms with Crippen molar-refractivity contribution in [3.8, 4) is 0 Å². The zero-order valence-electron chi connectivity index (χ0n) is 7.84. The summed E-state index contributed by atoms with van der Waals surface area (Å²) in [6, 6.07) is 0.141. The summed E-state index contributed by atoms with van der Waals surface area (Å²) in [5.41, 5.74) is 6.79. The van der Waals surface area contributed by atoms with Crippen molar-refractivity contribution in [1.29, 1.82) is 0 Å². The molecule has 0 aliphatic carbocycles. The largest absolute Gasteiger partial charge is 0.493 e. The van der Waals surface area contributed by atoms with Crippen LogP contribution in [-0.2, 0) is 4.74 Å². The van der Waals surface area contributed by atoms with E-state index in [0.29, 0.717) is 5.92 Å². The molecule has 0 saturated heterocycles. The molecule has 0 aromatic rings. The molecule has 2 heteroatoms. The van der Waals surface area contributed by atoms with Gasteiger partial charge in [0.1, 0.15) is 5.76 Å². The zero-order valence-corrected chi connectivity index (χ0v) is 7.84. The number of rotatable bonds is 3. The fourth-order valence-corrected chi connectivity index (χ4v) is 1.18. The van der Waals surface area contributed by atoms with Gasteiger partial charge in [0.15, 0.2) is 0 Å². The van der Waals surface area contributed by atoms with Gasteiger partial charge in [-0.1, -0.05) is 13.5 Å². The van der Waals surface area contributed by atoms with Gasteiger partial charge in [0.25, 0.3) is 0 Å². The Balaban J connectivity index is 2.57. The van der Waals surface area contributed by atoms with Crippen LogP contribution in [0.5, 0.6) is 0 Å². The lowest BCUT2D eigenvalue weighted by atomic mass is 9.94. The summed E-state index contributed by atoms with van der Waals surface area (Å²) in [7, 11) is 0. The van der Waals surface area contributed by atoms with E-state index in [2.05, 4.69) is 19.6 Å². The number of allylic oxidation sites excluding steroid dienone is 1. The molecule has 1 aliphatic heterocycles. The Morgan fingerprint density at radius 3 is 2.75 bits per heavy atom. The van der Waals surface area contributed by atoms with Gasteiger partial charge in [-0.25, -0.2) is 0 Å². The summed E-state index contributed by atoms with van der Waals surface area (Å²) in [4.78, 5) is 0. The van der Waals surface area contributed by atoms with E-state index >= 15 is 0 Å². The zero-order chi connectivity index (χ0) is 9.14. The van der Waals surface area contributed by atoms with Crippen LogP contribution >= 0.6 is 0 Å². The van der Waals surface area contributed by atoms with Crippen LogP contribution in [0.3, 0.4) is 0 Å². The minimum Gasteiger partial charge on any atom is -0.493 e. The Bertz CT molecular complexity index is 206. The lowest BCUT2D eigenvalue weighted by molar-refractivity contribution is 0.246. The van der Waals surface area contributed by atoms with Gasteiger partial charge in [0.05, 0.1) is 6.61 Å². The minimum absolute atomic E-state index is 0.141. The molecule has 0 aromatic carbocycles. The third-order valence-electron chi connectivity index (χ3n) is 2.36. The van der Waals surface area contributed by atoms with E-state index in [4.69, 9.17) is 10.5 Å². The lowest BCUT2D eigenvalue weighted by Gasteiger charge is -2.18. The third-order valence-corrected chi connectivity index (χ3v) is 2.36. The summed E-state index contributed by atoms with van der Waals surface area (Å²) in [5.74, 6) is 1.24. The SMILES string of the molecule is C=C(C1=CCCO1)[C@H](C)C(C)N. The Morgan fingerprint density at radius 2 is 2.33 bits per heavy atom. The molecule has 12 heavy (non-hydrogen) atoms. The topological polar surface area (TPSA) is 35.2 Å². The molecule has 0 spiro atoms. The van der Waals surface area contributed by atoms with Crippen LogP contribution < -0.4 is 5.73 Å². The number of hydrogen-bond acceptors (Lipinski definition) is 2. The molecular formula is C10H17NO. The summed E-state index contributed by atoms with van der Waals surface area (Å²) in [6.45, 7) is 8.85. The summed E-state index contributed by atoms with van der Waals surface area (Å²) >= 11 is 0. The van der Waals surface area contributed by atoms with Gasteiger partial charge < -0.3 is 10.5 Å². The Labute approximate surface area is 74.1 Å². The molecule has 0 fully saturated rings. The highest BCUT2D eigenvalue weighted by Gasteiger charge is 2.17. The van der Waals surface area contributed by atoms with Crippen molar-refractivity contribution in [2.45, 2.75) is 26.3 Å². The highest BCUT2D eigenvalue weighted by molar-refractivity contribution is 5.27. The highest BCUT2D eigenvalue weighted by Crippen LogP contribution is 2.24. The molecule has 2 atom stereocenters. The molecule has 0 saturated carbocycles. The molecule has 1 aliphatic rings. The van der Waals surface area contributed by atoms with E-state index in [-0.39, 0.29) is 6.04 Å². The minimum atomic E-state index is 0.141. The predicted molar refractivity (Wildman–Crippen MR) is 50.6 cm³/mol. The van der Waals surface area contributed by atoms with E-state index < -0.39 is 0 Å². The van der Waals surface area contributed by atoms with E-state index in [9.17, 15) is 0 Å². The summed E-state index contributed by atoms with van der Waals surface area (Å²) in [5, 5.41) is 0. The van der Waals surface area contributed by atoms with Crippen molar-refractivity contribution >= 4 is 0 Å². The van der Waals surface area contributed by atoms with E-state index in [1.54, 1.807) is 0 Å². The molecule has 0 radical (unpaired) electrons. The van der Waals surface area contributed by atoms with E-state index in [1.807, 2.05) is 6.92 Å². The quantitative estimate of drug-likeness (QED) is 0.696. The molecule has 0 bridgehead atoms. The standard InChI is InChI=1S/C10H17NO/c1-7(9(3)11)8(2)10-5-4-6-12-10/h5,7,9H,2,4,6,11H2,1,3H3/t7-,9?/m0/s1. The second kappa shape index (κ2) is 3.76. The first-order chi connectivity index (χ1) is 5.63. The smallest absolute Gasteiger partial charge is 0.118 e. The summed E-state index contributed by atoms with van der Waals surface area (Å²) < 4.78 is 5.39. The van der Waals surface area contributed by atoms with E-state index in [0.717, 1.165) is 24.4 Å². The van der Waals surface area contributed by atoms with Crippen molar-refractivity contribution in [3.05, 3.63) is 24.0 Å². The molecule has 2 N–H and O–H groups in total. The van der Waals surface area contributed by atoms with Gasteiger partial charge in [-0.15, -0.1) is 0 Å². The molecule has 2 nitrogen and oxygen atoms in total. The summed E-state index contributed by atoms with van der Waals surface area (Å²) in [6.07, 6.45) is 3.08. The number of nitrogens with two attached hydrogens (primary N) is 1. The van der Waals surface area contributed by atoms with Gasteiger partial charge >= 0.3 is 0 Å². The first-order valence-electron chi connectivity index (χ1n) is 4.40. The van der Waals surface area contributed by atoms with Crippen LogP contribution in [0.4, 0.5) is 0 Å². The second-order valence-corrected chi connectivity index (χ2v) is 3.38. The van der Waals surface area contributed by atoms with Gasteiger partial charge in [0.2, 0.25) is 0 Å². The molecular weight excluding hydrogens is 150 g/mol. The van der Waals surface area contributed by atoms with Crippen molar-refractivity contribution < 1.29 is 4.74 Å². The maximum absolute atomic E-state index is 5.76. The Kier molecular flexibility index (Phi) is 2.93. The van der Waals surface area contributed by atoms with Crippen LogP contribution in [0.25, 0.3) is 0 Å². The van der Waals surface area contributed by atoms with Crippen LogP contribution in [0.15, 0.2) is 24.0 Å². The van der Waals surface area contributed by atoms with Crippen molar-refractivity contribution in [2.75, 3.05) is 6.61 Å². The average Bonchev–Trinajstić information content (AvgIpc) is 2.53. The monoisotopic (exact) mass is 167 g/mol. The second-order valence-electron chi connectivity index (χ2n) is 3.38. The van der Waals surface area contributed by atoms with Crippen molar-refractivity contribution in [1.82, 2.24) is 0 Å². The molecule has 68 valence electrons. The Morgan fingerprint density at radius 1 is 1.67 bits per heavy atom. The van der Waals surface area contributed by atoms with Gasteiger partial charge in [-0.2, -0.15) is 0 Å². The van der Waals surface area contributed by atoms with Gasteiger partial charge in [0, 0.05) is 12.5 Å². The van der Waals surface area contributed by atoms with Gasteiger partial charge in [-0.3, -0.25) is 0 Å². The van der Waals surface area contributed by atoms with Crippen molar-refractivity contribution in [3.63, 3.8) is 0 Å². The van der Waals surface area contributed by atoms with Gasteiger partial charge in [-0.05, 0) is 24.5 Å². The molecule has 1 unspecified atom stereocenters. The Hall–Kier alpha value is -0.760. The average molecular weight is 167 g/mol. The molecule has 0 amide bonds. The number of ether oxygens (including phenoxy) is 1. The third kappa shape index (κ3) is 1.89. The van der Waals surface area contributed by atoms with Crippen molar-refractivity contribution in [2.24, 2.45) is 11.7 Å². The first kappa shape index (κ1) is 9.33. The van der Waals surface area contributed by atoms with Crippen LogP contribution in [-0.4, -0.2) is 12.6 Å². The lowest BCUT2D eigenvalue weighted by Crippen LogP contribution is -2.26. The van der Waals surface area contributed by atoms with E-state index in [1.165, 1.54) is 0 Å². The molecule has 0 aromatic heterocycles. The normalized spacial score (nSPS) is 21.1. The number of hydrogen-bond donors (Lipinski definition) is 1. The maximum Gasteiger partial charge on any atom is 0.118 e. The molecule has 1 heterocycles. The fraction of sp³-hybridized carbons (Fsp3) is 0.600. The first-order valence-corrected chi connectivity index (χ1v) is 4.40. The van der Waals surface area contributed by atoms with Crippen LogP contribution in [0.1, 0.15) is 20.3 Å². The van der Waals surface area contributed by atoms with Crippen LogP contribution in [0, 0.1) is 5.92 Å². The molecule has 1 rings (SSSR count). The van der Waals surface area contributed by atoms with Crippen LogP contribution in [0.2, 0.25) is 0 Å². The fourth-order valence-electron chi connectivity index (χ4n) is 1.18. The highest BCUT2D eigenvalue weighted by atomic mass is 16.5. The predicted octanol–water partition coefficient (Wildman–Crippen LogP) is 1.83.